The van der Waals surface area contributed by atoms with Crippen molar-refractivity contribution in [3.63, 3.8) is 0 Å². The first-order chi connectivity index (χ1) is 9.72. The molecule has 1 aliphatic heterocycles. The predicted molar refractivity (Wildman–Crippen MR) is 82.0 cm³/mol. The molecule has 110 valence electrons. The number of nitrogens with zero attached hydrogens (tertiary/aromatic N) is 4. The Labute approximate surface area is 121 Å². The summed E-state index contributed by atoms with van der Waals surface area (Å²) in [6, 6.07) is 2.18. The van der Waals surface area contributed by atoms with Crippen molar-refractivity contribution in [2.75, 3.05) is 43.9 Å². The lowest BCUT2D eigenvalue weighted by Crippen LogP contribution is -2.45. The zero-order valence-corrected chi connectivity index (χ0v) is 12.4. The summed E-state index contributed by atoms with van der Waals surface area (Å²) in [6.45, 7) is 4.22. The van der Waals surface area contributed by atoms with Crippen molar-refractivity contribution in [3.8, 4) is 0 Å². The van der Waals surface area contributed by atoms with Gasteiger partial charge in [-0.25, -0.2) is 4.98 Å². The van der Waals surface area contributed by atoms with Crippen molar-refractivity contribution in [2.24, 2.45) is 0 Å². The third-order valence-electron chi connectivity index (χ3n) is 4.60. The Morgan fingerprint density at radius 3 is 2.45 bits per heavy atom. The summed E-state index contributed by atoms with van der Waals surface area (Å²) >= 11 is 0. The monoisotopic (exact) mass is 275 g/mol. The molecule has 0 bridgehead atoms. The standard InChI is InChI=1S/C15H25N5/c1-19-7-9-20(10-8-19)14-11-13(17-15(16)18-14)12-5-3-2-4-6-12/h11-12H,2-10H2,1H3,(H2,16,17,18). The van der Waals surface area contributed by atoms with Gasteiger partial charge in [0.25, 0.3) is 0 Å². The average molecular weight is 275 g/mol. The van der Waals surface area contributed by atoms with E-state index in [0.29, 0.717) is 11.9 Å². The van der Waals surface area contributed by atoms with Gasteiger partial charge in [0.1, 0.15) is 5.82 Å². The second-order valence-electron chi connectivity index (χ2n) is 6.13. The summed E-state index contributed by atoms with van der Waals surface area (Å²) in [5, 5.41) is 0. The largest absolute Gasteiger partial charge is 0.368 e. The smallest absolute Gasteiger partial charge is 0.222 e. The van der Waals surface area contributed by atoms with Gasteiger partial charge in [0.2, 0.25) is 5.95 Å². The lowest BCUT2D eigenvalue weighted by Gasteiger charge is -2.33. The number of anilines is 2. The quantitative estimate of drug-likeness (QED) is 0.892. The molecule has 1 aliphatic carbocycles. The number of likely N-dealkylation sites (N-methyl/N-ethyl adjacent to an activating group) is 1. The maximum atomic E-state index is 5.94. The van der Waals surface area contributed by atoms with E-state index >= 15 is 0 Å². The molecule has 2 heterocycles. The average Bonchev–Trinajstić information content (AvgIpc) is 2.48. The Morgan fingerprint density at radius 1 is 1.05 bits per heavy atom. The van der Waals surface area contributed by atoms with Crippen LogP contribution in [-0.4, -0.2) is 48.1 Å². The summed E-state index contributed by atoms with van der Waals surface area (Å²) in [5.74, 6) is 2.04. The molecule has 2 aliphatic rings. The molecule has 2 fully saturated rings. The lowest BCUT2D eigenvalue weighted by molar-refractivity contribution is 0.312. The molecule has 0 spiro atoms. The van der Waals surface area contributed by atoms with Gasteiger partial charge in [-0.05, 0) is 19.9 Å². The zero-order valence-electron chi connectivity index (χ0n) is 12.4. The zero-order chi connectivity index (χ0) is 13.9. The van der Waals surface area contributed by atoms with E-state index < -0.39 is 0 Å². The fourth-order valence-electron chi connectivity index (χ4n) is 3.28. The molecule has 2 N–H and O–H groups in total. The Kier molecular flexibility index (Phi) is 4.05. The molecule has 0 unspecified atom stereocenters. The van der Waals surface area contributed by atoms with Crippen LogP contribution in [0.5, 0.6) is 0 Å². The van der Waals surface area contributed by atoms with E-state index in [-0.39, 0.29) is 0 Å². The number of rotatable bonds is 2. The van der Waals surface area contributed by atoms with Gasteiger partial charge in [0.05, 0.1) is 5.69 Å². The van der Waals surface area contributed by atoms with Gasteiger partial charge in [-0.3, -0.25) is 0 Å². The summed E-state index contributed by atoms with van der Waals surface area (Å²) in [5.41, 5.74) is 7.10. The molecule has 0 amide bonds. The fourth-order valence-corrected chi connectivity index (χ4v) is 3.28. The Balaban J connectivity index is 1.79. The summed E-state index contributed by atoms with van der Waals surface area (Å²) in [6.07, 6.45) is 6.50. The Morgan fingerprint density at radius 2 is 1.75 bits per heavy atom. The number of hydrogen-bond acceptors (Lipinski definition) is 5. The molecule has 0 radical (unpaired) electrons. The highest BCUT2D eigenvalue weighted by Crippen LogP contribution is 2.33. The second kappa shape index (κ2) is 5.95. The molecule has 1 aromatic heterocycles. The van der Waals surface area contributed by atoms with Gasteiger partial charge < -0.3 is 15.5 Å². The van der Waals surface area contributed by atoms with Crippen LogP contribution in [0.4, 0.5) is 11.8 Å². The molecule has 1 saturated carbocycles. The van der Waals surface area contributed by atoms with Crippen LogP contribution in [0.2, 0.25) is 0 Å². The van der Waals surface area contributed by atoms with Crippen molar-refractivity contribution in [3.05, 3.63) is 11.8 Å². The normalized spacial score (nSPS) is 22.1. The van der Waals surface area contributed by atoms with E-state index in [9.17, 15) is 0 Å². The highest BCUT2D eigenvalue weighted by Gasteiger charge is 2.21. The van der Waals surface area contributed by atoms with Gasteiger partial charge in [0, 0.05) is 38.2 Å². The maximum absolute atomic E-state index is 5.94. The molecule has 0 aromatic carbocycles. The van der Waals surface area contributed by atoms with Crippen LogP contribution < -0.4 is 10.6 Å². The maximum Gasteiger partial charge on any atom is 0.222 e. The van der Waals surface area contributed by atoms with Crippen molar-refractivity contribution in [2.45, 2.75) is 38.0 Å². The van der Waals surface area contributed by atoms with E-state index in [1.54, 1.807) is 0 Å². The van der Waals surface area contributed by atoms with Crippen LogP contribution in [0.15, 0.2) is 6.07 Å². The lowest BCUT2D eigenvalue weighted by atomic mass is 9.87. The number of piperazine rings is 1. The molecule has 5 nitrogen and oxygen atoms in total. The van der Waals surface area contributed by atoms with E-state index in [1.165, 1.54) is 32.1 Å². The van der Waals surface area contributed by atoms with Gasteiger partial charge in [0.15, 0.2) is 0 Å². The Bertz CT molecular complexity index is 448. The minimum atomic E-state index is 0.432. The number of aromatic nitrogens is 2. The van der Waals surface area contributed by atoms with E-state index in [2.05, 4.69) is 32.9 Å². The van der Waals surface area contributed by atoms with Crippen molar-refractivity contribution in [1.82, 2.24) is 14.9 Å². The van der Waals surface area contributed by atoms with Crippen LogP contribution >= 0.6 is 0 Å². The van der Waals surface area contributed by atoms with Gasteiger partial charge in [-0.15, -0.1) is 0 Å². The van der Waals surface area contributed by atoms with Gasteiger partial charge in [-0.1, -0.05) is 19.3 Å². The highest BCUT2D eigenvalue weighted by molar-refractivity contribution is 5.44. The van der Waals surface area contributed by atoms with Crippen molar-refractivity contribution < 1.29 is 0 Å². The van der Waals surface area contributed by atoms with Crippen molar-refractivity contribution >= 4 is 11.8 Å². The molecule has 3 rings (SSSR count). The van der Waals surface area contributed by atoms with E-state index in [4.69, 9.17) is 5.73 Å². The minimum Gasteiger partial charge on any atom is -0.368 e. The molecule has 5 heteroatoms. The molecule has 0 atom stereocenters. The Hall–Kier alpha value is -1.36. The predicted octanol–water partition coefficient (Wildman–Crippen LogP) is 1.86. The number of nitrogens with two attached hydrogens (primary N) is 1. The number of nitrogen functional groups attached to an aromatic ring is 1. The fraction of sp³-hybridized carbons (Fsp3) is 0.733. The van der Waals surface area contributed by atoms with Crippen LogP contribution in [0.1, 0.15) is 43.7 Å². The third-order valence-corrected chi connectivity index (χ3v) is 4.60. The summed E-state index contributed by atoms with van der Waals surface area (Å²) in [4.78, 5) is 13.6. The molecule has 1 saturated heterocycles. The summed E-state index contributed by atoms with van der Waals surface area (Å²) < 4.78 is 0. The van der Waals surface area contributed by atoms with Gasteiger partial charge >= 0.3 is 0 Å². The first-order valence-electron chi connectivity index (χ1n) is 7.80. The van der Waals surface area contributed by atoms with Crippen LogP contribution in [0.3, 0.4) is 0 Å². The van der Waals surface area contributed by atoms with Crippen LogP contribution in [0.25, 0.3) is 0 Å². The first-order valence-corrected chi connectivity index (χ1v) is 7.80. The third kappa shape index (κ3) is 3.03. The van der Waals surface area contributed by atoms with Crippen molar-refractivity contribution in [1.29, 1.82) is 0 Å². The minimum absolute atomic E-state index is 0.432. The van der Waals surface area contributed by atoms with Crippen LogP contribution in [-0.2, 0) is 0 Å². The number of hydrogen-bond donors (Lipinski definition) is 1. The summed E-state index contributed by atoms with van der Waals surface area (Å²) in [7, 11) is 2.17. The molecular formula is C15H25N5. The highest BCUT2D eigenvalue weighted by atomic mass is 15.3. The first kappa shape index (κ1) is 13.6. The molecule has 20 heavy (non-hydrogen) atoms. The van der Waals surface area contributed by atoms with E-state index in [1.807, 2.05) is 0 Å². The topological polar surface area (TPSA) is 58.3 Å². The van der Waals surface area contributed by atoms with E-state index in [0.717, 1.165) is 37.7 Å². The molecular weight excluding hydrogens is 250 g/mol. The second-order valence-corrected chi connectivity index (χ2v) is 6.13. The van der Waals surface area contributed by atoms with Gasteiger partial charge in [-0.2, -0.15) is 4.98 Å². The molecule has 1 aromatic rings. The van der Waals surface area contributed by atoms with Crippen LogP contribution in [0, 0.1) is 0 Å². The SMILES string of the molecule is CN1CCN(c2cc(C3CCCCC3)nc(N)n2)CC1.